The Bertz CT molecular complexity index is 1030. The summed E-state index contributed by atoms with van der Waals surface area (Å²) in [5, 5.41) is 10.2. The Labute approximate surface area is 182 Å². The fourth-order valence-electron chi connectivity index (χ4n) is 3.22. The van der Waals surface area contributed by atoms with E-state index >= 15 is 0 Å². The van der Waals surface area contributed by atoms with E-state index in [1.807, 2.05) is 30.1 Å². The first-order valence-corrected chi connectivity index (χ1v) is 12.2. The standard InChI is InChI=1S/C20H24N6O2S2/c1-25(7-10-27)20-23-17-16(18(24-20)26-8-11-30(28)12-9-26)21-14-22-19(17)29-13-15-5-3-2-4-6-15/h2-6,14,27H,7-13H2,1H3. The minimum atomic E-state index is -0.780. The summed E-state index contributed by atoms with van der Waals surface area (Å²) in [4.78, 5) is 22.5. The lowest BCUT2D eigenvalue weighted by Crippen LogP contribution is -2.38. The first-order valence-electron chi connectivity index (χ1n) is 9.77. The molecule has 0 unspecified atom stereocenters. The molecule has 158 valence electrons. The second-order valence-electron chi connectivity index (χ2n) is 6.98. The first kappa shape index (κ1) is 21.0. The molecule has 1 saturated heterocycles. The van der Waals surface area contributed by atoms with Gasteiger partial charge in [-0.2, -0.15) is 4.98 Å². The average molecular weight is 445 g/mol. The molecule has 10 heteroatoms. The van der Waals surface area contributed by atoms with Crippen LogP contribution in [0.4, 0.5) is 11.8 Å². The number of fused-ring (bicyclic) bond motifs is 1. The Morgan fingerprint density at radius 3 is 2.63 bits per heavy atom. The summed E-state index contributed by atoms with van der Waals surface area (Å²) in [5.74, 6) is 3.27. The number of thioether (sulfide) groups is 1. The van der Waals surface area contributed by atoms with Crippen molar-refractivity contribution in [3.05, 3.63) is 42.2 Å². The molecule has 3 aromatic rings. The number of aliphatic hydroxyl groups excluding tert-OH is 1. The van der Waals surface area contributed by atoms with Crippen LogP contribution in [0.3, 0.4) is 0 Å². The van der Waals surface area contributed by atoms with E-state index in [1.165, 1.54) is 5.56 Å². The lowest BCUT2D eigenvalue weighted by Gasteiger charge is -2.29. The maximum absolute atomic E-state index is 11.8. The van der Waals surface area contributed by atoms with Gasteiger partial charge in [-0.15, -0.1) is 0 Å². The van der Waals surface area contributed by atoms with E-state index < -0.39 is 10.8 Å². The fourth-order valence-corrected chi connectivity index (χ4v) is 5.17. The Morgan fingerprint density at radius 1 is 1.13 bits per heavy atom. The molecule has 2 aromatic heterocycles. The minimum Gasteiger partial charge on any atom is -0.395 e. The fraction of sp³-hybridized carbons (Fsp3) is 0.400. The summed E-state index contributed by atoms with van der Waals surface area (Å²) in [6, 6.07) is 10.2. The van der Waals surface area contributed by atoms with E-state index in [0.717, 1.165) is 16.6 Å². The Balaban J connectivity index is 1.74. The Morgan fingerprint density at radius 2 is 1.90 bits per heavy atom. The van der Waals surface area contributed by atoms with Crippen molar-refractivity contribution in [2.45, 2.75) is 10.8 Å². The Kier molecular flexibility index (Phi) is 6.76. The van der Waals surface area contributed by atoms with Crippen LogP contribution in [0.5, 0.6) is 0 Å². The number of nitrogens with zero attached hydrogens (tertiary/aromatic N) is 6. The van der Waals surface area contributed by atoms with Gasteiger partial charge < -0.3 is 14.9 Å². The zero-order valence-corrected chi connectivity index (χ0v) is 18.4. The number of anilines is 2. The van der Waals surface area contributed by atoms with Gasteiger partial charge in [0.2, 0.25) is 5.95 Å². The van der Waals surface area contributed by atoms with Gasteiger partial charge in [-0.1, -0.05) is 42.1 Å². The normalized spacial score (nSPS) is 14.9. The van der Waals surface area contributed by atoms with Gasteiger partial charge in [0.25, 0.3) is 0 Å². The van der Waals surface area contributed by atoms with Crippen molar-refractivity contribution in [1.82, 2.24) is 19.9 Å². The predicted molar refractivity (Wildman–Crippen MR) is 122 cm³/mol. The van der Waals surface area contributed by atoms with Gasteiger partial charge in [0.15, 0.2) is 5.82 Å². The molecule has 0 aliphatic carbocycles. The monoisotopic (exact) mass is 444 g/mol. The molecule has 8 nitrogen and oxygen atoms in total. The van der Waals surface area contributed by atoms with Crippen molar-refractivity contribution in [2.24, 2.45) is 0 Å². The van der Waals surface area contributed by atoms with Gasteiger partial charge in [0.05, 0.1) is 6.61 Å². The molecule has 0 atom stereocenters. The van der Waals surface area contributed by atoms with Crippen LogP contribution in [0, 0.1) is 0 Å². The maximum atomic E-state index is 11.8. The van der Waals surface area contributed by atoms with E-state index in [4.69, 9.17) is 9.97 Å². The molecule has 4 rings (SSSR count). The molecule has 0 radical (unpaired) electrons. The van der Waals surface area contributed by atoms with Crippen LogP contribution in [0.1, 0.15) is 5.56 Å². The maximum Gasteiger partial charge on any atom is 0.227 e. The highest BCUT2D eigenvalue weighted by molar-refractivity contribution is 7.98. The zero-order valence-electron chi connectivity index (χ0n) is 16.8. The van der Waals surface area contributed by atoms with Gasteiger partial charge in [0.1, 0.15) is 22.4 Å². The number of aromatic nitrogens is 4. The van der Waals surface area contributed by atoms with Crippen LogP contribution < -0.4 is 9.80 Å². The van der Waals surface area contributed by atoms with Crippen molar-refractivity contribution < 1.29 is 9.32 Å². The van der Waals surface area contributed by atoms with Crippen LogP contribution in [-0.4, -0.2) is 74.0 Å². The van der Waals surface area contributed by atoms with Crippen molar-refractivity contribution in [1.29, 1.82) is 0 Å². The van der Waals surface area contributed by atoms with E-state index in [1.54, 1.807) is 18.1 Å². The summed E-state index contributed by atoms with van der Waals surface area (Å²) in [6.07, 6.45) is 1.56. The number of benzene rings is 1. The molecular weight excluding hydrogens is 420 g/mol. The number of likely N-dealkylation sites (N-methyl/N-ethyl adjacent to an activating group) is 1. The van der Waals surface area contributed by atoms with Gasteiger partial charge in [-0.3, -0.25) is 4.21 Å². The molecule has 0 spiro atoms. The Hall–Kier alpha value is -2.30. The van der Waals surface area contributed by atoms with Crippen molar-refractivity contribution >= 4 is 45.4 Å². The molecule has 1 aromatic carbocycles. The molecule has 1 aliphatic rings. The SMILES string of the molecule is CN(CCO)c1nc(N2CCS(=O)CC2)c2ncnc(SCc3ccccc3)c2n1. The summed E-state index contributed by atoms with van der Waals surface area (Å²) in [5.41, 5.74) is 2.61. The van der Waals surface area contributed by atoms with Crippen LogP contribution in [0.2, 0.25) is 0 Å². The van der Waals surface area contributed by atoms with Crippen molar-refractivity contribution in [2.75, 3.05) is 54.6 Å². The topological polar surface area (TPSA) is 95.3 Å². The summed E-state index contributed by atoms with van der Waals surface area (Å²) in [7, 11) is 1.07. The molecule has 30 heavy (non-hydrogen) atoms. The van der Waals surface area contributed by atoms with Crippen LogP contribution >= 0.6 is 11.8 Å². The lowest BCUT2D eigenvalue weighted by molar-refractivity contribution is 0.303. The number of hydrogen-bond donors (Lipinski definition) is 1. The van der Waals surface area contributed by atoms with Crippen LogP contribution in [0.25, 0.3) is 11.0 Å². The largest absolute Gasteiger partial charge is 0.395 e. The van der Waals surface area contributed by atoms with Gasteiger partial charge in [0, 0.05) is 54.7 Å². The quantitative estimate of drug-likeness (QED) is 0.431. The highest BCUT2D eigenvalue weighted by atomic mass is 32.2. The molecular formula is C20H24N6O2S2. The lowest BCUT2D eigenvalue weighted by atomic mass is 10.2. The van der Waals surface area contributed by atoms with Crippen LogP contribution in [-0.2, 0) is 16.6 Å². The van der Waals surface area contributed by atoms with Crippen molar-refractivity contribution in [3.63, 3.8) is 0 Å². The molecule has 0 saturated carbocycles. The molecule has 1 aliphatic heterocycles. The van der Waals surface area contributed by atoms with Crippen molar-refractivity contribution in [3.8, 4) is 0 Å². The molecule has 1 N–H and O–H groups in total. The van der Waals surface area contributed by atoms with Gasteiger partial charge >= 0.3 is 0 Å². The number of aliphatic hydroxyl groups is 1. The molecule has 3 heterocycles. The summed E-state index contributed by atoms with van der Waals surface area (Å²) < 4.78 is 11.8. The third-order valence-electron chi connectivity index (χ3n) is 4.89. The average Bonchev–Trinajstić information content (AvgIpc) is 2.78. The summed E-state index contributed by atoms with van der Waals surface area (Å²) >= 11 is 1.62. The number of rotatable bonds is 7. The van der Waals surface area contributed by atoms with E-state index in [0.29, 0.717) is 48.1 Å². The third-order valence-corrected chi connectivity index (χ3v) is 7.22. The van der Waals surface area contributed by atoms with Gasteiger partial charge in [-0.25, -0.2) is 15.0 Å². The van der Waals surface area contributed by atoms with Crippen LogP contribution in [0.15, 0.2) is 41.7 Å². The molecule has 0 amide bonds. The molecule has 1 fully saturated rings. The van der Waals surface area contributed by atoms with E-state index in [9.17, 15) is 9.32 Å². The second-order valence-corrected chi connectivity index (χ2v) is 9.64. The second kappa shape index (κ2) is 9.67. The highest BCUT2D eigenvalue weighted by Gasteiger charge is 2.23. The summed E-state index contributed by atoms with van der Waals surface area (Å²) in [6.45, 7) is 1.77. The smallest absolute Gasteiger partial charge is 0.227 e. The van der Waals surface area contributed by atoms with Gasteiger partial charge in [-0.05, 0) is 5.56 Å². The minimum absolute atomic E-state index is 0.0107. The third kappa shape index (κ3) is 4.71. The predicted octanol–water partition coefficient (Wildman–Crippen LogP) is 1.71. The highest BCUT2D eigenvalue weighted by Crippen LogP contribution is 2.32. The molecule has 0 bridgehead atoms. The first-order chi connectivity index (χ1) is 14.7. The number of hydrogen-bond acceptors (Lipinski definition) is 9. The van der Waals surface area contributed by atoms with E-state index in [2.05, 4.69) is 27.0 Å². The zero-order chi connectivity index (χ0) is 20.9. The van der Waals surface area contributed by atoms with E-state index in [-0.39, 0.29) is 6.61 Å².